The maximum absolute atomic E-state index is 12.1. The van der Waals surface area contributed by atoms with E-state index in [9.17, 15) is 4.79 Å². The molecule has 1 aliphatic heterocycles. The van der Waals surface area contributed by atoms with E-state index in [4.69, 9.17) is 4.74 Å². The minimum Gasteiger partial charge on any atom is -0.371 e. The van der Waals surface area contributed by atoms with E-state index in [-0.39, 0.29) is 17.6 Å². The Hall–Kier alpha value is -2.29. The van der Waals surface area contributed by atoms with Crippen LogP contribution in [0.5, 0.6) is 0 Å². The Morgan fingerprint density at radius 3 is 2.87 bits per heavy atom. The third-order valence-electron chi connectivity index (χ3n) is 6.29. The van der Waals surface area contributed by atoms with Gasteiger partial charge < -0.3 is 15.0 Å². The molecule has 2 heterocycles. The summed E-state index contributed by atoms with van der Waals surface area (Å²) in [6, 6.07) is 8.69. The van der Waals surface area contributed by atoms with Crippen LogP contribution >= 0.6 is 0 Å². The summed E-state index contributed by atoms with van der Waals surface area (Å²) in [6.45, 7) is 3.82. The summed E-state index contributed by atoms with van der Waals surface area (Å²) in [5.74, 6) is 0.107. The van der Waals surface area contributed by atoms with E-state index in [0.29, 0.717) is 6.54 Å². The van der Waals surface area contributed by atoms with E-state index in [1.807, 2.05) is 6.20 Å². The number of carbonyl (C=O) groups is 1. The molecule has 1 N–H and O–H groups in total. The molecule has 2 fully saturated rings. The van der Waals surface area contributed by atoms with Gasteiger partial charge in [-0.1, -0.05) is 30.2 Å². The molecule has 162 valence electrons. The standard InChI is InChI=1S/C22H32N6O2/c1-26(2)21(29)15-23-20-5-3-4-10-22(20)17-27(13-14-30-22)16-18-6-8-19(9-7-18)28-12-11-24-25-28/h6-9,11-12,20,23H,3-5,10,13-17H2,1-2H3/t20-,22+/m0/s1. The third-order valence-corrected chi connectivity index (χ3v) is 6.29. The molecule has 30 heavy (non-hydrogen) atoms. The number of carbonyl (C=O) groups excluding carboxylic acids is 1. The zero-order valence-corrected chi connectivity index (χ0v) is 18.0. The highest BCUT2D eigenvalue weighted by atomic mass is 16.5. The summed E-state index contributed by atoms with van der Waals surface area (Å²) in [6.07, 6.45) is 7.99. The molecule has 1 aliphatic carbocycles. The minimum atomic E-state index is -0.205. The van der Waals surface area contributed by atoms with E-state index < -0.39 is 0 Å². The van der Waals surface area contributed by atoms with Crippen LogP contribution < -0.4 is 5.32 Å². The third kappa shape index (κ3) is 4.71. The van der Waals surface area contributed by atoms with Crippen LogP contribution in [-0.2, 0) is 16.1 Å². The SMILES string of the molecule is CN(C)C(=O)CN[C@H]1CCCC[C@@]12CN(Cc1ccc(-n3ccnn3)cc1)CCO2. The molecular formula is C22H32N6O2. The first-order valence-electron chi connectivity index (χ1n) is 10.8. The summed E-state index contributed by atoms with van der Waals surface area (Å²) in [7, 11) is 3.60. The molecule has 0 bridgehead atoms. The Morgan fingerprint density at radius 1 is 1.30 bits per heavy atom. The molecular weight excluding hydrogens is 380 g/mol. The second kappa shape index (κ2) is 9.24. The van der Waals surface area contributed by atoms with Gasteiger partial charge >= 0.3 is 0 Å². The van der Waals surface area contributed by atoms with Crippen molar-refractivity contribution in [2.45, 2.75) is 43.9 Å². The van der Waals surface area contributed by atoms with Crippen LogP contribution in [0.1, 0.15) is 31.2 Å². The lowest BCUT2D eigenvalue weighted by molar-refractivity contribution is -0.147. The maximum Gasteiger partial charge on any atom is 0.236 e. The Bertz CT molecular complexity index is 819. The molecule has 1 spiro atoms. The Labute approximate surface area is 178 Å². The van der Waals surface area contributed by atoms with Crippen molar-refractivity contribution in [2.24, 2.45) is 0 Å². The predicted molar refractivity (Wildman–Crippen MR) is 114 cm³/mol. The molecule has 1 saturated heterocycles. The molecule has 8 heteroatoms. The topological polar surface area (TPSA) is 75.5 Å². The Kier molecular flexibility index (Phi) is 6.46. The molecule has 0 radical (unpaired) electrons. The first-order valence-corrected chi connectivity index (χ1v) is 10.8. The summed E-state index contributed by atoms with van der Waals surface area (Å²) in [5.41, 5.74) is 2.08. The fourth-order valence-corrected chi connectivity index (χ4v) is 4.60. The molecule has 2 atom stereocenters. The highest BCUT2D eigenvalue weighted by molar-refractivity contribution is 5.77. The second-order valence-electron chi connectivity index (χ2n) is 8.61. The molecule has 2 aliphatic rings. The van der Waals surface area contributed by atoms with Gasteiger partial charge in [0, 0.05) is 39.8 Å². The van der Waals surface area contributed by atoms with E-state index in [2.05, 4.69) is 44.8 Å². The van der Waals surface area contributed by atoms with Gasteiger partial charge in [-0.05, 0) is 30.5 Å². The van der Waals surface area contributed by atoms with E-state index >= 15 is 0 Å². The van der Waals surface area contributed by atoms with Crippen molar-refractivity contribution in [2.75, 3.05) is 40.3 Å². The van der Waals surface area contributed by atoms with Gasteiger partial charge in [-0.2, -0.15) is 0 Å². The molecule has 4 rings (SSSR count). The molecule has 2 aromatic rings. The van der Waals surface area contributed by atoms with Gasteiger partial charge in [0.15, 0.2) is 0 Å². The monoisotopic (exact) mass is 412 g/mol. The molecule has 1 aromatic carbocycles. The van der Waals surface area contributed by atoms with E-state index in [1.165, 1.54) is 18.4 Å². The molecule has 1 aromatic heterocycles. The lowest BCUT2D eigenvalue weighted by Gasteiger charge is -2.50. The number of rotatable bonds is 6. The first-order chi connectivity index (χ1) is 14.6. The number of benzene rings is 1. The highest BCUT2D eigenvalue weighted by Gasteiger charge is 2.45. The number of ether oxygens (including phenoxy) is 1. The van der Waals surface area contributed by atoms with Gasteiger partial charge in [0.1, 0.15) is 0 Å². The van der Waals surface area contributed by atoms with Gasteiger partial charge in [-0.25, -0.2) is 4.68 Å². The van der Waals surface area contributed by atoms with Gasteiger partial charge in [-0.3, -0.25) is 9.69 Å². The number of hydrogen-bond acceptors (Lipinski definition) is 6. The average Bonchev–Trinajstić information content (AvgIpc) is 3.28. The maximum atomic E-state index is 12.1. The molecule has 1 amide bonds. The van der Waals surface area contributed by atoms with Gasteiger partial charge in [0.25, 0.3) is 0 Å². The van der Waals surface area contributed by atoms with Crippen molar-refractivity contribution in [1.82, 2.24) is 30.1 Å². The lowest BCUT2D eigenvalue weighted by atomic mass is 9.78. The minimum absolute atomic E-state index is 0.107. The molecule has 0 unspecified atom stereocenters. The smallest absolute Gasteiger partial charge is 0.236 e. The van der Waals surface area contributed by atoms with Crippen molar-refractivity contribution in [3.8, 4) is 5.69 Å². The largest absolute Gasteiger partial charge is 0.371 e. The van der Waals surface area contributed by atoms with Gasteiger partial charge in [0.05, 0.1) is 36.8 Å². The Morgan fingerprint density at radius 2 is 2.13 bits per heavy atom. The fourth-order valence-electron chi connectivity index (χ4n) is 4.60. The first kappa shape index (κ1) is 21.0. The number of morpholine rings is 1. The van der Waals surface area contributed by atoms with Crippen LogP contribution in [0.15, 0.2) is 36.7 Å². The number of nitrogens with zero attached hydrogens (tertiary/aromatic N) is 5. The molecule has 8 nitrogen and oxygen atoms in total. The normalized spacial score (nSPS) is 24.8. The highest BCUT2D eigenvalue weighted by Crippen LogP contribution is 2.35. The summed E-state index contributed by atoms with van der Waals surface area (Å²) in [5, 5.41) is 11.4. The van der Waals surface area contributed by atoms with Crippen molar-refractivity contribution in [3.05, 3.63) is 42.2 Å². The predicted octanol–water partition coefficient (Wildman–Crippen LogP) is 1.46. The number of nitrogens with one attached hydrogen (secondary N) is 1. The second-order valence-corrected chi connectivity index (χ2v) is 8.61. The zero-order valence-electron chi connectivity index (χ0n) is 18.0. The Balaban J connectivity index is 1.40. The number of likely N-dealkylation sites (N-methyl/N-ethyl adjacent to an activating group) is 1. The lowest BCUT2D eigenvalue weighted by Crippen LogP contribution is -2.63. The van der Waals surface area contributed by atoms with Crippen molar-refractivity contribution >= 4 is 5.91 Å². The number of hydrogen-bond donors (Lipinski definition) is 1. The van der Waals surface area contributed by atoms with Crippen molar-refractivity contribution < 1.29 is 9.53 Å². The zero-order chi connectivity index (χ0) is 21.0. The number of aromatic nitrogens is 3. The number of amides is 1. The van der Waals surface area contributed by atoms with Crippen LogP contribution in [0.25, 0.3) is 5.69 Å². The van der Waals surface area contributed by atoms with Gasteiger partial charge in [0.2, 0.25) is 5.91 Å². The fraction of sp³-hybridized carbons (Fsp3) is 0.591. The van der Waals surface area contributed by atoms with Crippen LogP contribution in [-0.4, -0.2) is 82.7 Å². The molecule has 1 saturated carbocycles. The van der Waals surface area contributed by atoms with Gasteiger partial charge in [-0.15, -0.1) is 5.10 Å². The van der Waals surface area contributed by atoms with Crippen molar-refractivity contribution in [1.29, 1.82) is 0 Å². The quantitative estimate of drug-likeness (QED) is 0.774. The summed E-state index contributed by atoms with van der Waals surface area (Å²) < 4.78 is 8.16. The van der Waals surface area contributed by atoms with Crippen LogP contribution in [0.3, 0.4) is 0 Å². The average molecular weight is 413 g/mol. The van der Waals surface area contributed by atoms with E-state index in [1.54, 1.807) is 29.9 Å². The van der Waals surface area contributed by atoms with Crippen LogP contribution in [0.4, 0.5) is 0 Å². The summed E-state index contributed by atoms with van der Waals surface area (Å²) >= 11 is 0. The van der Waals surface area contributed by atoms with Crippen molar-refractivity contribution in [3.63, 3.8) is 0 Å². The van der Waals surface area contributed by atoms with E-state index in [0.717, 1.165) is 44.8 Å². The summed E-state index contributed by atoms with van der Waals surface area (Å²) in [4.78, 5) is 16.2. The van der Waals surface area contributed by atoms with Crippen LogP contribution in [0.2, 0.25) is 0 Å². The van der Waals surface area contributed by atoms with Crippen LogP contribution in [0, 0.1) is 0 Å².